The molecular weight excluding hydrogens is 426 g/mol. The molecule has 0 aliphatic heterocycles. The summed E-state index contributed by atoms with van der Waals surface area (Å²) in [6.45, 7) is 2.66. The zero-order chi connectivity index (χ0) is 22.1. The average molecular weight is 452 g/mol. The number of nitrogens with two attached hydrogens (primary N) is 1. The van der Waals surface area contributed by atoms with Gasteiger partial charge < -0.3 is 15.4 Å². The predicted octanol–water partition coefficient (Wildman–Crippen LogP) is 1.68. The number of rotatable bonds is 10. The van der Waals surface area contributed by atoms with Gasteiger partial charge in [0.2, 0.25) is 15.9 Å². The van der Waals surface area contributed by atoms with Crippen molar-refractivity contribution >= 4 is 33.6 Å². The minimum Gasteiger partial charge on any atom is -0.383 e. The molecule has 0 heterocycles. The normalized spacial score (nSPS) is 12.2. The largest absolute Gasteiger partial charge is 0.383 e. The number of methoxy groups -OCH3 is 1. The van der Waals surface area contributed by atoms with Crippen LogP contribution in [0.4, 0.5) is 0 Å². The van der Waals surface area contributed by atoms with Crippen molar-refractivity contribution in [1.82, 2.24) is 10.6 Å². The van der Waals surface area contributed by atoms with Crippen molar-refractivity contribution in [1.29, 1.82) is 0 Å². The maximum atomic E-state index is 12.8. The SMILES string of the molecule is COCCNC(=O)CSc1ccccc1C(=O)N[C@@H](C)c1ccc(S(N)(=O)=O)cc1. The van der Waals surface area contributed by atoms with Crippen molar-refractivity contribution in [3.63, 3.8) is 0 Å². The highest BCUT2D eigenvalue weighted by atomic mass is 32.2. The van der Waals surface area contributed by atoms with Crippen LogP contribution in [-0.2, 0) is 19.6 Å². The van der Waals surface area contributed by atoms with Gasteiger partial charge in [-0.15, -0.1) is 11.8 Å². The molecule has 0 fully saturated rings. The van der Waals surface area contributed by atoms with Gasteiger partial charge in [-0.3, -0.25) is 9.59 Å². The lowest BCUT2D eigenvalue weighted by atomic mass is 10.1. The van der Waals surface area contributed by atoms with E-state index in [-0.39, 0.29) is 28.5 Å². The van der Waals surface area contributed by atoms with Crippen LogP contribution in [0.3, 0.4) is 0 Å². The van der Waals surface area contributed by atoms with Gasteiger partial charge in [0.15, 0.2) is 0 Å². The molecule has 0 bridgehead atoms. The zero-order valence-electron chi connectivity index (χ0n) is 16.8. The highest BCUT2D eigenvalue weighted by Gasteiger charge is 2.16. The lowest BCUT2D eigenvalue weighted by molar-refractivity contribution is -0.118. The standard InChI is InChI=1S/C20H25N3O5S2/c1-14(15-7-9-16(10-8-15)30(21,26)27)23-20(25)17-5-3-4-6-18(17)29-13-19(24)22-11-12-28-2/h3-10,14H,11-13H2,1-2H3,(H,22,24)(H,23,25)(H2,21,26,27)/t14-/m0/s1. The fourth-order valence-electron chi connectivity index (χ4n) is 2.57. The Balaban J connectivity index is 2.02. The molecule has 1 atom stereocenters. The lowest BCUT2D eigenvalue weighted by Crippen LogP contribution is -2.29. The Kier molecular flexibility index (Phi) is 8.85. The molecule has 4 N–H and O–H groups in total. The minimum absolute atomic E-state index is 0.00954. The maximum Gasteiger partial charge on any atom is 0.252 e. The Morgan fingerprint density at radius 2 is 1.80 bits per heavy atom. The van der Waals surface area contributed by atoms with Crippen LogP contribution in [0.25, 0.3) is 0 Å². The number of carbonyl (C=O) groups is 2. The molecule has 10 heteroatoms. The summed E-state index contributed by atoms with van der Waals surface area (Å²) >= 11 is 1.27. The predicted molar refractivity (Wildman–Crippen MR) is 116 cm³/mol. The van der Waals surface area contributed by atoms with Crippen LogP contribution in [0.15, 0.2) is 58.3 Å². The van der Waals surface area contributed by atoms with Gasteiger partial charge in [0.05, 0.1) is 28.9 Å². The van der Waals surface area contributed by atoms with E-state index in [1.54, 1.807) is 50.4 Å². The Bertz CT molecular complexity index is 978. The number of benzene rings is 2. The molecule has 2 rings (SSSR count). The molecule has 0 saturated carbocycles. The molecule has 0 spiro atoms. The topological polar surface area (TPSA) is 128 Å². The van der Waals surface area contributed by atoms with Crippen molar-refractivity contribution in [2.45, 2.75) is 22.8 Å². The number of carbonyl (C=O) groups excluding carboxylic acids is 2. The van der Waals surface area contributed by atoms with Crippen LogP contribution >= 0.6 is 11.8 Å². The zero-order valence-corrected chi connectivity index (χ0v) is 18.4. The summed E-state index contributed by atoms with van der Waals surface area (Å²) in [5, 5.41) is 10.7. The van der Waals surface area contributed by atoms with E-state index in [9.17, 15) is 18.0 Å². The molecule has 2 aromatic rings. The average Bonchev–Trinajstić information content (AvgIpc) is 2.72. The van der Waals surface area contributed by atoms with Crippen LogP contribution in [0.2, 0.25) is 0 Å². The van der Waals surface area contributed by atoms with Crippen molar-refractivity contribution in [2.24, 2.45) is 5.14 Å². The molecule has 0 unspecified atom stereocenters. The minimum atomic E-state index is -3.77. The Morgan fingerprint density at radius 3 is 2.43 bits per heavy atom. The molecule has 162 valence electrons. The smallest absolute Gasteiger partial charge is 0.252 e. The first-order chi connectivity index (χ1) is 14.2. The van der Waals surface area contributed by atoms with E-state index in [1.807, 2.05) is 0 Å². The van der Waals surface area contributed by atoms with Gasteiger partial charge in [0, 0.05) is 18.6 Å². The van der Waals surface area contributed by atoms with E-state index in [0.717, 1.165) is 5.56 Å². The van der Waals surface area contributed by atoms with E-state index in [1.165, 1.54) is 23.9 Å². The van der Waals surface area contributed by atoms with E-state index in [0.29, 0.717) is 23.6 Å². The van der Waals surface area contributed by atoms with Crippen LogP contribution in [0.1, 0.15) is 28.9 Å². The molecular formula is C20H25N3O5S2. The summed E-state index contributed by atoms with van der Waals surface area (Å²) in [6, 6.07) is 12.7. The lowest BCUT2D eigenvalue weighted by Gasteiger charge is -2.16. The van der Waals surface area contributed by atoms with Crippen LogP contribution in [0.5, 0.6) is 0 Å². The van der Waals surface area contributed by atoms with Gasteiger partial charge in [0.1, 0.15) is 0 Å². The summed E-state index contributed by atoms with van der Waals surface area (Å²) in [4.78, 5) is 25.4. The van der Waals surface area contributed by atoms with Crippen molar-refractivity contribution in [2.75, 3.05) is 26.0 Å². The number of sulfonamides is 1. The number of hydrogen-bond donors (Lipinski definition) is 3. The van der Waals surface area contributed by atoms with E-state index >= 15 is 0 Å². The second kappa shape index (κ2) is 11.1. The number of amides is 2. The van der Waals surface area contributed by atoms with Gasteiger partial charge in [-0.1, -0.05) is 24.3 Å². The molecule has 30 heavy (non-hydrogen) atoms. The molecule has 2 aromatic carbocycles. The van der Waals surface area contributed by atoms with Crippen molar-refractivity contribution < 1.29 is 22.7 Å². The third-order valence-corrected chi connectivity index (χ3v) is 6.18. The molecule has 0 aromatic heterocycles. The molecule has 2 amide bonds. The number of hydrogen-bond acceptors (Lipinski definition) is 6. The third-order valence-electron chi connectivity index (χ3n) is 4.18. The third kappa shape index (κ3) is 7.13. The Morgan fingerprint density at radius 1 is 1.13 bits per heavy atom. The number of ether oxygens (including phenoxy) is 1. The first kappa shape index (κ1) is 23.9. The Labute approximate surface area is 180 Å². The molecule has 0 aliphatic rings. The fourth-order valence-corrected chi connectivity index (χ4v) is 3.97. The van der Waals surface area contributed by atoms with Crippen molar-refractivity contribution in [3.05, 3.63) is 59.7 Å². The second-order valence-corrected chi connectivity index (χ2v) is 9.02. The van der Waals surface area contributed by atoms with Gasteiger partial charge >= 0.3 is 0 Å². The van der Waals surface area contributed by atoms with Gasteiger partial charge in [-0.2, -0.15) is 0 Å². The van der Waals surface area contributed by atoms with Gasteiger partial charge in [-0.05, 0) is 36.8 Å². The van der Waals surface area contributed by atoms with E-state index in [4.69, 9.17) is 9.88 Å². The molecule has 0 saturated heterocycles. The van der Waals surface area contributed by atoms with Crippen LogP contribution in [0, 0.1) is 0 Å². The number of nitrogens with one attached hydrogen (secondary N) is 2. The van der Waals surface area contributed by atoms with Gasteiger partial charge in [-0.25, -0.2) is 13.6 Å². The highest BCUT2D eigenvalue weighted by molar-refractivity contribution is 8.00. The molecule has 8 nitrogen and oxygen atoms in total. The summed E-state index contributed by atoms with van der Waals surface area (Å²) in [6.07, 6.45) is 0. The highest BCUT2D eigenvalue weighted by Crippen LogP contribution is 2.23. The maximum absolute atomic E-state index is 12.8. The van der Waals surface area contributed by atoms with Crippen LogP contribution in [-0.4, -0.2) is 46.2 Å². The number of primary sulfonamides is 1. The summed E-state index contributed by atoms with van der Waals surface area (Å²) in [5.74, 6) is -0.255. The molecule has 0 radical (unpaired) electrons. The summed E-state index contributed by atoms with van der Waals surface area (Å²) in [5.41, 5.74) is 1.19. The second-order valence-electron chi connectivity index (χ2n) is 6.44. The first-order valence-corrected chi connectivity index (χ1v) is 11.7. The monoisotopic (exact) mass is 451 g/mol. The fraction of sp³-hybridized carbons (Fsp3) is 0.300. The first-order valence-electron chi connectivity index (χ1n) is 9.13. The van der Waals surface area contributed by atoms with Crippen LogP contribution < -0.4 is 15.8 Å². The molecule has 0 aliphatic carbocycles. The van der Waals surface area contributed by atoms with Crippen molar-refractivity contribution in [3.8, 4) is 0 Å². The van der Waals surface area contributed by atoms with Gasteiger partial charge in [0.25, 0.3) is 5.91 Å². The number of thioether (sulfide) groups is 1. The summed E-state index contributed by atoms with van der Waals surface area (Å²) < 4.78 is 27.6. The Hall–Kier alpha value is -2.40. The summed E-state index contributed by atoms with van der Waals surface area (Å²) in [7, 11) is -2.21. The van der Waals surface area contributed by atoms with E-state index < -0.39 is 10.0 Å². The van der Waals surface area contributed by atoms with E-state index in [2.05, 4.69) is 10.6 Å². The quantitative estimate of drug-likeness (QED) is 0.372.